The molecule has 102 valence electrons. The molecule has 0 saturated heterocycles. The average molecular weight is 266 g/mol. The predicted molar refractivity (Wildman–Crippen MR) is 62.5 cm³/mol. The molecule has 0 aliphatic heterocycles. The lowest BCUT2D eigenvalue weighted by Gasteiger charge is -2.04. The fourth-order valence-corrected chi connectivity index (χ4v) is 1.41. The van der Waals surface area contributed by atoms with Crippen molar-refractivity contribution < 1.29 is 18.7 Å². The van der Waals surface area contributed by atoms with E-state index < -0.39 is 0 Å². The second-order valence-electron chi connectivity index (χ2n) is 3.96. The summed E-state index contributed by atoms with van der Waals surface area (Å²) in [5.41, 5.74) is 1.32. The van der Waals surface area contributed by atoms with Crippen LogP contribution in [0.15, 0.2) is 15.2 Å². The summed E-state index contributed by atoms with van der Waals surface area (Å²) < 4.78 is 14.7. The molecular weight excluding hydrogens is 252 g/mol. The third-order valence-electron chi connectivity index (χ3n) is 2.29. The normalized spacial score (nSPS) is 10.4. The molecule has 8 heteroatoms. The molecule has 0 saturated carbocycles. The van der Waals surface area contributed by atoms with E-state index in [1.54, 1.807) is 19.9 Å². The minimum Gasteiger partial charge on any atom is -0.472 e. The van der Waals surface area contributed by atoms with Crippen LogP contribution < -0.4 is 10.1 Å². The van der Waals surface area contributed by atoms with Crippen LogP contribution in [0.1, 0.15) is 17.1 Å². The van der Waals surface area contributed by atoms with Crippen LogP contribution in [-0.2, 0) is 11.2 Å². The highest BCUT2D eigenvalue weighted by atomic mass is 16.6. The summed E-state index contributed by atoms with van der Waals surface area (Å²) in [5.74, 6) is 0.710. The molecule has 2 aromatic rings. The Labute approximate surface area is 109 Å². The van der Waals surface area contributed by atoms with Crippen molar-refractivity contribution >= 4 is 5.91 Å². The molecule has 0 unspecified atom stereocenters. The lowest BCUT2D eigenvalue weighted by atomic mass is 10.3. The third kappa shape index (κ3) is 3.80. The zero-order valence-electron chi connectivity index (χ0n) is 10.7. The first-order valence-electron chi connectivity index (χ1n) is 5.76. The zero-order chi connectivity index (χ0) is 13.7. The van der Waals surface area contributed by atoms with E-state index in [0.717, 1.165) is 5.69 Å². The van der Waals surface area contributed by atoms with Crippen LogP contribution in [0.3, 0.4) is 0 Å². The van der Waals surface area contributed by atoms with Gasteiger partial charge in [-0.2, -0.15) is 0 Å². The van der Waals surface area contributed by atoms with E-state index in [4.69, 9.17) is 9.26 Å². The highest BCUT2D eigenvalue weighted by Crippen LogP contribution is 2.09. The van der Waals surface area contributed by atoms with Gasteiger partial charge in [-0.25, -0.2) is 4.63 Å². The van der Waals surface area contributed by atoms with Crippen LogP contribution >= 0.6 is 0 Å². The second kappa shape index (κ2) is 5.98. The summed E-state index contributed by atoms with van der Waals surface area (Å²) in [7, 11) is 0. The monoisotopic (exact) mass is 266 g/mol. The maximum absolute atomic E-state index is 11.5. The third-order valence-corrected chi connectivity index (χ3v) is 2.29. The number of nitrogens with one attached hydrogen (secondary N) is 1. The van der Waals surface area contributed by atoms with E-state index in [-0.39, 0.29) is 18.9 Å². The van der Waals surface area contributed by atoms with Gasteiger partial charge in [0.2, 0.25) is 5.91 Å². The van der Waals surface area contributed by atoms with E-state index in [2.05, 4.69) is 25.4 Å². The maximum Gasteiger partial charge on any atom is 0.278 e. The Bertz CT molecular complexity index is 548. The fraction of sp³-hybridized carbons (Fsp3) is 0.455. The molecule has 0 bridgehead atoms. The van der Waals surface area contributed by atoms with Crippen LogP contribution in [0, 0.1) is 13.8 Å². The van der Waals surface area contributed by atoms with Gasteiger partial charge >= 0.3 is 0 Å². The number of carbonyl (C=O) groups is 1. The van der Waals surface area contributed by atoms with Gasteiger partial charge in [0.05, 0.1) is 18.7 Å². The average Bonchev–Trinajstić information content (AvgIpc) is 2.94. The summed E-state index contributed by atoms with van der Waals surface area (Å²) in [6, 6.07) is 1.72. The summed E-state index contributed by atoms with van der Waals surface area (Å²) in [6.07, 6.45) is 0.158. The highest BCUT2D eigenvalue weighted by Gasteiger charge is 2.08. The van der Waals surface area contributed by atoms with Gasteiger partial charge in [-0.3, -0.25) is 4.79 Å². The van der Waals surface area contributed by atoms with Gasteiger partial charge < -0.3 is 14.6 Å². The predicted octanol–water partition coefficient (Wildman–Crippen LogP) is 0.412. The van der Waals surface area contributed by atoms with E-state index in [9.17, 15) is 4.79 Å². The van der Waals surface area contributed by atoms with Crippen LogP contribution in [-0.4, -0.2) is 34.5 Å². The molecule has 0 radical (unpaired) electrons. The second-order valence-corrected chi connectivity index (χ2v) is 3.96. The van der Waals surface area contributed by atoms with Crippen molar-refractivity contribution in [3.05, 3.63) is 23.2 Å². The van der Waals surface area contributed by atoms with E-state index in [1.807, 2.05) is 0 Å². The number of nitrogens with zero attached hydrogens (tertiary/aromatic N) is 3. The van der Waals surface area contributed by atoms with Gasteiger partial charge in [0.15, 0.2) is 0 Å². The Morgan fingerprint density at radius 1 is 1.37 bits per heavy atom. The summed E-state index contributed by atoms with van der Waals surface area (Å²) in [6.45, 7) is 4.16. The van der Waals surface area contributed by atoms with Crippen LogP contribution in [0.25, 0.3) is 0 Å². The molecule has 0 atom stereocenters. The zero-order valence-corrected chi connectivity index (χ0v) is 10.7. The van der Waals surface area contributed by atoms with Crippen LogP contribution in [0.2, 0.25) is 0 Å². The number of aryl methyl sites for hydroxylation is 2. The Hall–Kier alpha value is -2.38. The molecule has 1 amide bonds. The van der Waals surface area contributed by atoms with Crippen molar-refractivity contribution in [3.63, 3.8) is 0 Å². The van der Waals surface area contributed by atoms with Crippen molar-refractivity contribution in [3.8, 4) is 5.88 Å². The van der Waals surface area contributed by atoms with Crippen LogP contribution in [0.5, 0.6) is 5.88 Å². The lowest BCUT2D eigenvalue weighted by Crippen LogP contribution is -2.29. The first kappa shape index (κ1) is 13.1. The number of carbonyl (C=O) groups excluding carboxylic acids is 1. The number of hydrogen-bond donors (Lipinski definition) is 1. The Morgan fingerprint density at radius 3 is 2.84 bits per heavy atom. The summed E-state index contributed by atoms with van der Waals surface area (Å²) in [4.78, 5) is 11.5. The van der Waals surface area contributed by atoms with Crippen molar-refractivity contribution in [2.75, 3.05) is 13.2 Å². The van der Waals surface area contributed by atoms with E-state index in [0.29, 0.717) is 23.9 Å². The smallest absolute Gasteiger partial charge is 0.278 e. The summed E-state index contributed by atoms with van der Waals surface area (Å²) in [5, 5.41) is 13.5. The minimum atomic E-state index is -0.158. The SMILES string of the molecule is Cc1cc(CC(=O)NCCOc2nonc2C)on1. The van der Waals surface area contributed by atoms with E-state index >= 15 is 0 Å². The van der Waals surface area contributed by atoms with Gasteiger partial charge in [0.1, 0.15) is 18.1 Å². The van der Waals surface area contributed by atoms with Gasteiger partial charge in [0, 0.05) is 6.07 Å². The molecular formula is C11H14N4O4. The van der Waals surface area contributed by atoms with E-state index in [1.165, 1.54) is 0 Å². The molecule has 0 aliphatic carbocycles. The fourth-order valence-electron chi connectivity index (χ4n) is 1.41. The number of amides is 1. The maximum atomic E-state index is 11.5. The molecule has 2 rings (SSSR count). The Balaban J connectivity index is 1.65. The number of ether oxygens (including phenoxy) is 1. The first-order valence-corrected chi connectivity index (χ1v) is 5.76. The molecule has 19 heavy (non-hydrogen) atoms. The van der Waals surface area contributed by atoms with Crippen molar-refractivity contribution in [2.45, 2.75) is 20.3 Å². The summed E-state index contributed by atoms with van der Waals surface area (Å²) >= 11 is 0. The first-order chi connectivity index (χ1) is 9.15. The minimum absolute atomic E-state index is 0.158. The highest BCUT2D eigenvalue weighted by molar-refractivity contribution is 5.77. The van der Waals surface area contributed by atoms with Gasteiger partial charge in [-0.1, -0.05) is 10.3 Å². The van der Waals surface area contributed by atoms with Crippen LogP contribution in [0.4, 0.5) is 0 Å². The number of rotatable bonds is 6. The Morgan fingerprint density at radius 2 is 2.21 bits per heavy atom. The van der Waals surface area contributed by atoms with Crippen molar-refractivity contribution in [2.24, 2.45) is 0 Å². The molecule has 0 spiro atoms. The lowest BCUT2D eigenvalue weighted by molar-refractivity contribution is -0.120. The van der Waals surface area contributed by atoms with Crippen molar-refractivity contribution in [1.29, 1.82) is 0 Å². The Kier molecular flexibility index (Phi) is 4.11. The van der Waals surface area contributed by atoms with Gasteiger partial charge in [0.25, 0.3) is 5.88 Å². The topological polar surface area (TPSA) is 103 Å². The molecule has 0 fully saturated rings. The van der Waals surface area contributed by atoms with Crippen molar-refractivity contribution in [1.82, 2.24) is 20.8 Å². The standard InChI is InChI=1S/C11H14N4O4/c1-7-5-9(18-13-7)6-10(16)12-3-4-17-11-8(2)14-19-15-11/h5H,3-4,6H2,1-2H3,(H,12,16). The molecule has 2 heterocycles. The van der Waals surface area contributed by atoms with Gasteiger partial charge in [-0.15, -0.1) is 0 Å². The molecule has 0 aromatic carbocycles. The molecule has 0 aliphatic rings. The molecule has 2 aromatic heterocycles. The quantitative estimate of drug-likeness (QED) is 0.755. The largest absolute Gasteiger partial charge is 0.472 e. The van der Waals surface area contributed by atoms with Gasteiger partial charge in [-0.05, 0) is 19.0 Å². The number of aromatic nitrogens is 3. The molecule has 1 N–H and O–H groups in total. The molecule has 8 nitrogen and oxygen atoms in total. The number of hydrogen-bond acceptors (Lipinski definition) is 7.